The average molecular weight is 334 g/mol. The first-order chi connectivity index (χ1) is 11.7. The first-order valence-corrected chi connectivity index (χ1v) is 8.71. The van der Waals surface area contributed by atoms with E-state index in [9.17, 15) is 4.79 Å². The van der Waals surface area contributed by atoms with Crippen LogP contribution in [0.25, 0.3) is 0 Å². The number of carbonyl (C=O) groups is 1. The van der Waals surface area contributed by atoms with Gasteiger partial charge in [-0.2, -0.15) is 4.98 Å². The fourth-order valence-corrected chi connectivity index (χ4v) is 3.47. The number of hydrogen-bond donors (Lipinski definition) is 2. The van der Waals surface area contributed by atoms with Crippen LogP contribution in [0.2, 0.25) is 0 Å². The predicted molar refractivity (Wildman–Crippen MR) is 89.3 cm³/mol. The Balaban J connectivity index is 1.45. The number of guanidine groups is 1. The maximum absolute atomic E-state index is 12.5. The van der Waals surface area contributed by atoms with E-state index in [1.165, 1.54) is 12.8 Å². The highest BCUT2D eigenvalue weighted by molar-refractivity contribution is 5.81. The Labute approximate surface area is 142 Å². The molecule has 1 aromatic heterocycles. The van der Waals surface area contributed by atoms with Crippen molar-refractivity contribution < 1.29 is 9.32 Å². The van der Waals surface area contributed by atoms with Crippen molar-refractivity contribution in [1.29, 1.82) is 0 Å². The van der Waals surface area contributed by atoms with Gasteiger partial charge in [-0.1, -0.05) is 18.0 Å². The second kappa shape index (κ2) is 7.63. The molecule has 0 spiro atoms. The number of carbonyl (C=O) groups excluding carboxylic acids is 1. The fourth-order valence-electron chi connectivity index (χ4n) is 3.47. The third-order valence-electron chi connectivity index (χ3n) is 4.75. The van der Waals surface area contributed by atoms with Crippen LogP contribution >= 0.6 is 0 Å². The molecule has 1 unspecified atom stereocenters. The van der Waals surface area contributed by atoms with Crippen molar-refractivity contribution in [1.82, 2.24) is 25.7 Å². The lowest BCUT2D eigenvalue weighted by molar-refractivity contribution is -0.134. The van der Waals surface area contributed by atoms with Crippen molar-refractivity contribution >= 4 is 11.9 Å². The van der Waals surface area contributed by atoms with Gasteiger partial charge in [0.1, 0.15) is 0 Å². The number of nitrogens with one attached hydrogen (secondary N) is 2. The minimum Gasteiger partial charge on any atom is -0.352 e. The highest BCUT2D eigenvalue weighted by Crippen LogP contribution is 2.27. The molecular weight excluding hydrogens is 308 g/mol. The molecule has 1 aliphatic carbocycles. The van der Waals surface area contributed by atoms with Crippen molar-refractivity contribution in [3.63, 3.8) is 0 Å². The quantitative estimate of drug-likeness (QED) is 0.626. The van der Waals surface area contributed by atoms with E-state index < -0.39 is 0 Å². The van der Waals surface area contributed by atoms with Crippen molar-refractivity contribution in [3.05, 3.63) is 11.7 Å². The molecule has 2 fully saturated rings. The molecule has 1 aliphatic heterocycles. The monoisotopic (exact) mass is 334 g/mol. The van der Waals surface area contributed by atoms with E-state index in [0.29, 0.717) is 30.1 Å². The zero-order valence-electron chi connectivity index (χ0n) is 14.4. The van der Waals surface area contributed by atoms with Crippen molar-refractivity contribution in [2.24, 2.45) is 10.9 Å². The molecule has 132 valence electrons. The maximum Gasteiger partial charge on any atom is 0.225 e. The molecule has 8 nitrogen and oxygen atoms in total. The molecule has 0 aromatic carbocycles. The molecule has 1 amide bonds. The maximum atomic E-state index is 12.5. The summed E-state index contributed by atoms with van der Waals surface area (Å²) in [5, 5.41) is 10.4. The lowest BCUT2D eigenvalue weighted by Crippen LogP contribution is -2.45. The molecule has 1 saturated carbocycles. The van der Waals surface area contributed by atoms with Gasteiger partial charge in [-0.25, -0.2) is 0 Å². The third-order valence-corrected chi connectivity index (χ3v) is 4.75. The zero-order valence-corrected chi connectivity index (χ0v) is 14.4. The summed E-state index contributed by atoms with van der Waals surface area (Å²) in [5.41, 5.74) is 0. The van der Waals surface area contributed by atoms with E-state index in [4.69, 9.17) is 4.52 Å². The van der Waals surface area contributed by atoms with Crippen LogP contribution in [0.1, 0.15) is 43.8 Å². The molecule has 1 atom stereocenters. The minimum atomic E-state index is 0.230. The Morgan fingerprint density at radius 3 is 2.83 bits per heavy atom. The SMILES string of the molecule is CN=C(NCc1noc(C)n1)NC1CCN(C(=O)C2CCCC2)C1. The Morgan fingerprint density at radius 1 is 1.38 bits per heavy atom. The van der Waals surface area contributed by atoms with Gasteiger partial charge in [0.15, 0.2) is 11.8 Å². The van der Waals surface area contributed by atoms with Crippen LogP contribution in [0.15, 0.2) is 9.52 Å². The van der Waals surface area contributed by atoms with Gasteiger partial charge < -0.3 is 20.1 Å². The second-order valence-corrected chi connectivity index (χ2v) is 6.55. The van der Waals surface area contributed by atoms with E-state index in [0.717, 1.165) is 32.4 Å². The first-order valence-electron chi connectivity index (χ1n) is 8.71. The standard InChI is InChI=1S/C16H26N6O2/c1-11-19-14(21-24-11)9-18-16(17-2)20-13-7-8-22(10-13)15(23)12-5-3-4-6-12/h12-13H,3-10H2,1-2H3,(H2,17,18,20). The van der Waals surface area contributed by atoms with Gasteiger partial charge in [-0.15, -0.1) is 0 Å². The van der Waals surface area contributed by atoms with Crippen LogP contribution < -0.4 is 10.6 Å². The van der Waals surface area contributed by atoms with Gasteiger partial charge >= 0.3 is 0 Å². The van der Waals surface area contributed by atoms with Crippen LogP contribution in [0.3, 0.4) is 0 Å². The van der Waals surface area contributed by atoms with Gasteiger partial charge in [0.2, 0.25) is 11.8 Å². The second-order valence-electron chi connectivity index (χ2n) is 6.55. The molecule has 2 heterocycles. The van der Waals surface area contributed by atoms with E-state index in [1.54, 1.807) is 14.0 Å². The number of aliphatic imine (C=N–C) groups is 1. The number of aryl methyl sites for hydroxylation is 1. The van der Waals surface area contributed by atoms with Crippen LogP contribution in [0, 0.1) is 12.8 Å². The number of hydrogen-bond acceptors (Lipinski definition) is 5. The number of nitrogens with zero attached hydrogens (tertiary/aromatic N) is 4. The van der Waals surface area contributed by atoms with Crippen molar-refractivity contribution in [2.75, 3.05) is 20.1 Å². The zero-order chi connectivity index (χ0) is 16.9. The van der Waals surface area contributed by atoms with Gasteiger partial charge in [0.05, 0.1) is 6.54 Å². The van der Waals surface area contributed by atoms with E-state index in [1.807, 2.05) is 4.90 Å². The lowest BCUT2D eigenvalue weighted by Gasteiger charge is -2.21. The Bertz CT molecular complexity index is 593. The molecular formula is C16H26N6O2. The summed E-state index contributed by atoms with van der Waals surface area (Å²) < 4.78 is 4.95. The summed E-state index contributed by atoms with van der Waals surface area (Å²) in [4.78, 5) is 22.9. The van der Waals surface area contributed by atoms with Crippen LogP contribution in [-0.4, -0.2) is 53.1 Å². The van der Waals surface area contributed by atoms with Crippen molar-refractivity contribution in [2.45, 2.75) is 51.6 Å². The van der Waals surface area contributed by atoms with Gasteiger partial charge in [-0.3, -0.25) is 9.79 Å². The summed E-state index contributed by atoms with van der Waals surface area (Å²) in [6.45, 7) is 3.79. The largest absolute Gasteiger partial charge is 0.352 e. The summed E-state index contributed by atoms with van der Waals surface area (Å²) in [6, 6.07) is 0.230. The van der Waals surface area contributed by atoms with Gasteiger partial charge in [0, 0.05) is 39.0 Å². The molecule has 1 aromatic rings. The summed E-state index contributed by atoms with van der Waals surface area (Å²) in [6.07, 6.45) is 5.44. The molecule has 1 saturated heterocycles. The van der Waals surface area contributed by atoms with Gasteiger partial charge in [-0.05, 0) is 19.3 Å². The highest BCUT2D eigenvalue weighted by atomic mass is 16.5. The molecule has 8 heteroatoms. The molecule has 24 heavy (non-hydrogen) atoms. The van der Waals surface area contributed by atoms with E-state index >= 15 is 0 Å². The Morgan fingerprint density at radius 2 is 2.17 bits per heavy atom. The summed E-state index contributed by atoms with van der Waals surface area (Å²) in [7, 11) is 1.73. The minimum absolute atomic E-state index is 0.230. The normalized spacial score (nSPS) is 22.2. The summed E-state index contributed by atoms with van der Waals surface area (Å²) >= 11 is 0. The fraction of sp³-hybridized carbons (Fsp3) is 0.750. The number of rotatable bonds is 4. The first kappa shape index (κ1) is 16.7. The third kappa shape index (κ3) is 4.04. The number of amides is 1. The average Bonchev–Trinajstić information content (AvgIpc) is 3.32. The molecule has 3 rings (SSSR count). The predicted octanol–water partition coefficient (Wildman–Crippen LogP) is 0.834. The smallest absolute Gasteiger partial charge is 0.225 e. The van der Waals surface area contributed by atoms with Crippen LogP contribution in [-0.2, 0) is 11.3 Å². The number of aromatic nitrogens is 2. The van der Waals surface area contributed by atoms with Gasteiger partial charge in [0.25, 0.3) is 0 Å². The van der Waals surface area contributed by atoms with Crippen LogP contribution in [0.4, 0.5) is 0 Å². The number of likely N-dealkylation sites (tertiary alicyclic amines) is 1. The van der Waals surface area contributed by atoms with E-state index in [-0.39, 0.29) is 12.0 Å². The Kier molecular flexibility index (Phi) is 5.32. The topological polar surface area (TPSA) is 95.7 Å². The molecule has 0 radical (unpaired) electrons. The Hall–Kier alpha value is -2.12. The highest BCUT2D eigenvalue weighted by Gasteiger charge is 2.32. The van der Waals surface area contributed by atoms with Crippen molar-refractivity contribution in [3.8, 4) is 0 Å². The van der Waals surface area contributed by atoms with E-state index in [2.05, 4.69) is 25.8 Å². The molecule has 2 N–H and O–H groups in total. The lowest BCUT2D eigenvalue weighted by atomic mass is 10.1. The molecule has 2 aliphatic rings. The van der Waals surface area contributed by atoms with Crippen LogP contribution in [0.5, 0.6) is 0 Å². The summed E-state index contributed by atoms with van der Waals surface area (Å²) in [5.74, 6) is 2.42. The molecule has 0 bridgehead atoms.